The third kappa shape index (κ3) is 7.59. The molecule has 3 fully saturated rings. The van der Waals surface area contributed by atoms with E-state index < -0.39 is 15.7 Å². The van der Waals surface area contributed by atoms with Gasteiger partial charge in [0.2, 0.25) is 0 Å². The number of esters is 1. The van der Waals surface area contributed by atoms with Crippen LogP contribution in [0.3, 0.4) is 0 Å². The van der Waals surface area contributed by atoms with Gasteiger partial charge in [-0.15, -0.1) is 0 Å². The van der Waals surface area contributed by atoms with Crippen LogP contribution in [0, 0.1) is 0 Å². The predicted octanol–water partition coefficient (Wildman–Crippen LogP) is 8.27. The highest BCUT2D eigenvalue weighted by Crippen LogP contribution is 2.46. The van der Waals surface area contributed by atoms with Gasteiger partial charge in [-0.1, -0.05) is 69.9 Å². The van der Waals surface area contributed by atoms with Crippen LogP contribution in [0.15, 0.2) is 17.0 Å². The van der Waals surface area contributed by atoms with E-state index in [1.807, 2.05) is 0 Å². The predicted molar refractivity (Wildman–Crippen MR) is 148 cm³/mol. The van der Waals surface area contributed by atoms with Crippen molar-refractivity contribution in [3.8, 4) is 0 Å². The maximum atomic E-state index is 14.0. The fourth-order valence-corrected chi connectivity index (χ4v) is 8.44. The zero-order valence-electron chi connectivity index (χ0n) is 23.4. The molecular weight excluding hydrogens is 484 g/mol. The number of ether oxygens (including phenoxy) is 1. The molecule has 1 aromatic carbocycles. The van der Waals surface area contributed by atoms with Crippen LogP contribution in [-0.4, -0.2) is 26.6 Å². The van der Waals surface area contributed by atoms with Crippen LogP contribution < -0.4 is 0 Å². The second-order valence-corrected chi connectivity index (χ2v) is 14.0. The molecule has 3 saturated carbocycles. The Kier molecular flexibility index (Phi) is 9.77. The summed E-state index contributed by atoms with van der Waals surface area (Å²) in [5, 5.41) is 0. The van der Waals surface area contributed by atoms with Gasteiger partial charge in [0.05, 0.1) is 6.61 Å². The quantitative estimate of drug-likeness (QED) is 0.236. The Morgan fingerprint density at radius 2 is 1.22 bits per heavy atom. The van der Waals surface area contributed by atoms with Gasteiger partial charge in [0.15, 0.2) is 0 Å². The first-order chi connectivity index (χ1) is 17.7. The number of hydrogen-bond acceptors (Lipinski definition) is 5. The van der Waals surface area contributed by atoms with Crippen molar-refractivity contribution < 1.29 is 22.1 Å². The van der Waals surface area contributed by atoms with E-state index >= 15 is 0 Å². The van der Waals surface area contributed by atoms with Gasteiger partial charge in [0.25, 0.3) is 10.1 Å². The first kappa shape index (κ1) is 28.6. The number of carbonyl (C=O) groups is 1. The first-order valence-electron chi connectivity index (χ1n) is 14.9. The monoisotopic (exact) mass is 532 g/mol. The lowest BCUT2D eigenvalue weighted by Crippen LogP contribution is -2.29. The lowest BCUT2D eigenvalue weighted by Gasteiger charge is -2.32. The highest BCUT2D eigenvalue weighted by molar-refractivity contribution is 7.86. The molecule has 0 amide bonds. The van der Waals surface area contributed by atoms with Crippen LogP contribution in [0.2, 0.25) is 0 Å². The molecule has 37 heavy (non-hydrogen) atoms. The second kappa shape index (κ2) is 12.6. The first-order valence-corrected chi connectivity index (χ1v) is 16.3. The van der Waals surface area contributed by atoms with Crippen molar-refractivity contribution in [3.63, 3.8) is 0 Å². The van der Waals surface area contributed by atoms with E-state index in [2.05, 4.69) is 12.1 Å². The molecule has 0 radical (unpaired) electrons. The number of carbonyl (C=O) groups excluding carboxylic acids is 1. The second-order valence-electron chi connectivity index (χ2n) is 12.4. The Bertz CT molecular complexity index is 971. The number of rotatable bonds is 9. The van der Waals surface area contributed by atoms with E-state index in [4.69, 9.17) is 8.92 Å². The van der Waals surface area contributed by atoms with E-state index in [-0.39, 0.29) is 24.4 Å². The van der Waals surface area contributed by atoms with E-state index in [9.17, 15) is 13.2 Å². The van der Waals surface area contributed by atoms with Crippen molar-refractivity contribution in [1.82, 2.24) is 0 Å². The Labute approximate surface area is 225 Å². The molecule has 0 heterocycles. The molecule has 0 N–H and O–H groups in total. The Balaban J connectivity index is 1.73. The van der Waals surface area contributed by atoms with Gasteiger partial charge in [-0.25, -0.2) is 0 Å². The molecule has 3 aliphatic rings. The summed E-state index contributed by atoms with van der Waals surface area (Å²) in [4.78, 5) is 11.9. The topological polar surface area (TPSA) is 69.7 Å². The largest absolute Gasteiger partial charge is 0.460 e. The maximum absolute atomic E-state index is 14.0. The average molecular weight is 533 g/mol. The van der Waals surface area contributed by atoms with Gasteiger partial charge >= 0.3 is 5.97 Å². The molecule has 3 aliphatic carbocycles. The van der Waals surface area contributed by atoms with Crippen LogP contribution >= 0.6 is 0 Å². The smallest absolute Gasteiger partial charge is 0.303 e. The summed E-state index contributed by atoms with van der Waals surface area (Å²) in [6.45, 7) is 4.97. The minimum atomic E-state index is -3.96. The van der Waals surface area contributed by atoms with Crippen LogP contribution in [0.1, 0.15) is 158 Å². The normalized spacial score (nSPS) is 21.2. The number of hydrogen-bond donors (Lipinski definition) is 0. The Morgan fingerprint density at radius 1 is 0.784 bits per heavy atom. The molecule has 0 atom stereocenters. The summed E-state index contributed by atoms with van der Waals surface area (Å²) in [6.07, 6.45) is 17.9. The van der Waals surface area contributed by atoms with Gasteiger partial charge in [0.1, 0.15) is 10.5 Å². The molecule has 1 aromatic rings. The van der Waals surface area contributed by atoms with Crippen molar-refractivity contribution >= 4 is 16.1 Å². The van der Waals surface area contributed by atoms with Crippen LogP contribution in [0.25, 0.3) is 0 Å². The molecule has 6 heteroatoms. The summed E-state index contributed by atoms with van der Waals surface area (Å²) >= 11 is 0. The molecule has 208 valence electrons. The van der Waals surface area contributed by atoms with Gasteiger partial charge in [-0.2, -0.15) is 8.42 Å². The Morgan fingerprint density at radius 3 is 1.65 bits per heavy atom. The van der Waals surface area contributed by atoms with E-state index in [0.717, 1.165) is 62.5 Å². The van der Waals surface area contributed by atoms with Crippen molar-refractivity contribution in [2.24, 2.45) is 0 Å². The van der Waals surface area contributed by atoms with Gasteiger partial charge in [0, 0.05) is 13.3 Å². The third-order valence-electron chi connectivity index (χ3n) is 8.95. The molecule has 0 spiro atoms. The molecule has 5 nitrogen and oxygen atoms in total. The van der Waals surface area contributed by atoms with E-state index in [0.29, 0.717) is 17.2 Å². The summed E-state index contributed by atoms with van der Waals surface area (Å²) < 4.78 is 39.2. The zero-order chi connectivity index (χ0) is 26.5. The third-order valence-corrected chi connectivity index (χ3v) is 10.4. The Hall–Kier alpha value is -1.40. The molecule has 4 rings (SSSR count). The SMILES string of the molecule is CC(=O)OC(C)(C)CCOS(=O)(=O)c1c(C2CCCCC2)cc(C2CCCCC2)cc1C1CCCCC1. The molecule has 0 aromatic heterocycles. The fraction of sp³-hybridized carbons (Fsp3) is 0.774. The van der Waals surface area contributed by atoms with Crippen molar-refractivity contribution in [3.05, 3.63) is 28.8 Å². The number of benzene rings is 1. The lowest BCUT2D eigenvalue weighted by atomic mass is 9.76. The van der Waals surface area contributed by atoms with Crippen LogP contribution in [-0.2, 0) is 23.8 Å². The fourth-order valence-electron chi connectivity index (χ4n) is 6.99. The van der Waals surface area contributed by atoms with Gasteiger partial charge in [-0.05, 0) is 86.8 Å². The van der Waals surface area contributed by atoms with Crippen LogP contribution in [0.4, 0.5) is 0 Å². The highest BCUT2D eigenvalue weighted by atomic mass is 32.2. The standard InChI is InChI=1S/C31H48O5S/c1-23(32)36-31(2,3)19-20-35-37(33,34)30-28(25-15-9-5-10-16-25)21-27(24-13-7-4-8-14-24)22-29(30)26-17-11-6-12-18-26/h21-22,24-26H,4-20H2,1-3H3. The summed E-state index contributed by atoms with van der Waals surface area (Å²) in [7, 11) is -3.96. The summed E-state index contributed by atoms with van der Waals surface area (Å²) in [5.74, 6) is 0.738. The molecule has 0 aliphatic heterocycles. The minimum Gasteiger partial charge on any atom is -0.460 e. The van der Waals surface area contributed by atoms with Gasteiger partial charge in [-0.3, -0.25) is 8.98 Å². The average Bonchev–Trinajstić information content (AvgIpc) is 2.88. The van der Waals surface area contributed by atoms with Crippen molar-refractivity contribution in [2.75, 3.05) is 6.61 Å². The molecule has 0 bridgehead atoms. The van der Waals surface area contributed by atoms with E-state index in [1.165, 1.54) is 57.4 Å². The molecule has 0 unspecified atom stereocenters. The zero-order valence-corrected chi connectivity index (χ0v) is 24.2. The molecular formula is C31H48O5S. The van der Waals surface area contributed by atoms with Gasteiger partial charge < -0.3 is 4.74 Å². The lowest BCUT2D eigenvalue weighted by molar-refractivity contribution is -0.154. The van der Waals surface area contributed by atoms with Crippen LogP contribution in [0.5, 0.6) is 0 Å². The molecule has 0 saturated heterocycles. The summed E-state index contributed by atoms with van der Waals surface area (Å²) in [5.41, 5.74) is 2.66. The maximum Gasteiger partial charge on any atom is 0.303 e. The van der Waals surface area contributed by atoms with Crippen molar-refractivity contribution in [2.45, 2.75) is 152 Å². The minimum absolute atomic E-state index is 0.00119. The summed E-state index contributed by atoms with van der Waals surface area (Å²) in [6, 6.07) is 4.55. The van der Waals surface area contributed by atoms with Crippen molar-refractivity contribution in [1.29, 1.82) is 0 Å². The highest BCUT2D eigenvalue weighted by Gasteiger charge is 2.34. The van der Waals surface area contributed by atoms with E-state index in [1.54, 1.807) is 13.8 Å².